The molecular weight excluding hydrogens is 162 g/mol. The number of nitrogens with zero attached hydrogens (tertiary/aromatic N) is 1. The number of carbonyl (C=O) groups excluding carboxylic acids is 1. The Morgan fingerprint density at radius 2 is 2.15 bits per heavy atom. The first kappa shape index (κ1) is 10.1. The molecule has 0 aromatic rings. The monoisotopic (exact) mass is 179 g/mol. The number of rotatable bonds is 2. The van der Waals surface area contributed by atoms with Crippen molar-refractivity contribution in [1.82, 2.24) is 4.90 Å². The van der Waals surface area contributed by atoms with Crippen molar-refractivity contribution in [3.05, 3.63) is 0 Å². The summed E-state index contributed by atoms with van der Waals surface area (Å²) in [5.74, 6) is 2.77. The second kappa shape index (κ2) is 3.41. The van der Waals surface area contributed by atoms with E-state index in [9.17, 15) is 4.79 Å². The van der Waals surface area contributed by atoms with Crippen molar-refractivity contribution in [3.8, 4) is 12.3 Å². The highest BCUT2D eigenvalue weighted by Gasteiger charge is 2.41. The summed E-state index contributed by atoms with van der Waals surface area (Å²) in [7, 11) is 1.79. The van der Waals surface area contributed by atoms with Crippen LogP contribution in [0, 0.1) is 17.8 Å². The van der Waals surface area contributed by atoms with E-state index in [-0.39, 0.29) is 17.4 Å². The van der Waals surface area contributed by atoms with Crippen molar-refractivity contribution in [1.29, 1.82) is 0 Å². The van der Waals surface area contributed by atoms with Gasteiger partial charge >= 0.3 is 0 Å². The fourth-order valence-electron chi connectivity index (χ4n) is 1.63. The van der Waals surface area contributed by atoms with Crippen LogP contribution in [0.2, 0.25) is 0 Å². The number of hydrogen-bond acceptors (Lipinski definition) is 1. The minimum absolute atomic E-state index is 0.0927. The normalized spacial score (nSPS) is 21.1. The number of hydrogen-bond donors (Lipinski definition) is 0. The maximum Gasteiger partial charge on any atom is 0.229 e. The standard InChI is InChI=1S/C11H17NO/c1-5-9(2)12(4)10(13)11(3)7-6-8-11/h1,9H,6-8H2,2-4H3. The van der Waals surface area contributed by atoms with Crippen LogP contribution in [0.25, 0.3) is 0 Å². The Hall–Kier alpha value is -0.970. The van der Waals surface area contributed by atoms with Gasteiger partial charge in [-0.05, 0) is 19.8 Å². The molecule has 1 fully saturated rings. The molecule has 2 nitrogen and oxygen atoms in total. The predicted molar refractivity (Wildman–Crippen MR) is 53.0 cm³/mol. The Kier molecular flexibility index (Phi) is 2.66. The van der Waals surface area contributed by atoms with Crippen LogP contribution in [-0.4, -0.2) is 23.9 Å². The summed E-state index contributed by atoms with van der Waals surface area (Å²) in [4.78, 5) is 13.6. The van der Waals surface area contributed by atoms with Crippen LogP contribution in [0.5, 0.6) is 0 Å². The third kappa shape index (κ3) is 1.70. The average molecular weight is 179 g/mol. The van der Waals surface area contributed by atoms with Crippen LogP contribution >= 0.6 is 0 Å². The average Bonchev–Trinajstić information content (AvgIpc) is 2.10. The van der Waals surface area contributed by atoms with Crippen molar-refractivity contribution in [2.24, 2.45) is 5.41 Å². The molecule has 0 N–H and O–H groups in total. The van der Waals surface area contributed by atoms with Crippen molar-refractivity contribution < 1.29 is 4.79 Å². The SMILES string of the molecule is C#CC(C)N(C)C(=O)C1(C)CCC1. The second-order valence-corrected chi connectivity index (χ2v) is 4.17. The Morgan fingerprint density at radius 3 is 2.46 bits per heavy atom. The van der Waals surface area contributed by atoms with Crippen molar-refractivity contribution in [2.75, 3.05) is 7.05 Å². The van der Waals surface area contributed by atoms with Gasteiger partial charge in [-0.2, -0.15) is 0 Å². The zero-order chi connectivity index (χ0) is 10.1. The lowest BCUT2D eigenvalue weighted by Gasteiger charge is -2.40. The van der Waals surface area contributed by atoms with Crippen molar-refractivity contribution >= 4 is 5.91 Å². The smallest absolute Gasteiger partial charge is 0.229 e. The van der Waals surface area contributed by atoms with Gasteiger partial charge in [0.05, 0.1) is 6.04 Å². The molecule has 2 heteroatoms. The first-order chi connectivity index (χ1) is 6.01. The molecule has 0 bridgehead atoms. The summed E-state index contributed by atoms with van der Waals surface area (Å²) in [5, 5.41) is 0. The molecule has 72 valence electrons. The lowest BCUT2D eigenvalue weighted by atomic mass is 9.69. The summed E-state index contributed by atoms with van der Waals surface area (Å²) in [6.45, 7) is 3.90. The molecule has 1 rings (SSSR count). The highest BCUT2D eigenvalue weighted by atomic mass is 16.2. The van der Waals surface area contributed by atoms with Gasteiger partial charge in [0, 0.05) is 12.5 Å². The van der Waals surface area contributed by atoms with Crippen LogP contribution in [0.15, 0.2) is 0 Å². The predicted octanol–water partition coefficient (Wildman–Crippen LogP) is 1.66. The molecule has 1 amide bonds. The minimum atomic E-state index is -0.125. The Labute approximate surface area is 80.3 Å². The first-order valence-electron chi connectivity index (χ1n) is 4.74. The molecule has 0 spiro atoms. The van der Waals surface area contributed by atoms with Gasteiger partial charge in [0.25, 0.3) is 0 Å². The third-order valence-electron chi connectivity index (χ3n) is 3.12. The van der Waals surface area contributed by atoms with Gasteiger partial charge in [-0.15, -0.1) is 6.42 Å². The molecule has 1 atom stereocenters. The van der Waals surface area contributed by atoms with Crippen LogP contribution in [0.3, 0.4) is 0 Å². The van der Waals surface area contributed by atoms with E-state index in [0.29, 0.717) is 0 Å². The first-order valence-corrected chi connectivity index (χ1v) is 4.74. The molecule has 1 aliphatic rings. The van der Waals surface area contributed by atoms with E-state index in [2.05, 4.69) is 5.92 Å². The molecule has 0 radical (unpaired) electrons. The summed E-state index contributed by atoms with van der Waals surface area (Å²) < 4.78 is 0. The maximum absolute atomic E-state index is 11.9. The van der Waals surface area contributed by atoms with Crippen LogP contribution in [-0.2, 0) is 4.79 Å². The van der Waals surface area contributed by atoms with Crippen LogP contribution < -0.4 is 0 Å². The van der Waals surface area contributed by atoms with E-state index >= 15 is 0 Å². The van der Waals surface area contributed by atoms with Gasteiger partial charge in [0.15, 0.2) is 0 Å². The van der Waals surface area contributed by atoms with Gasteiger partial charge in [-0.25, -0.2) is 0 Å². The van der Waals surface area contributed by atoms with E-state index < -0.39 is 0 Å². The maximum atomic E-state index is 11.9. The molecule has 1 unspecified atom stereocenters. The quantitative estimate of drug-likeness (QED) is 0.590. The Bertz CT molecular complexity index is 247. The Balaban J connectivity index is 2.62. The van der Waals surface area contributed by atoms with E-state index in [4.69, 9.17) is 6.42 Å². The highest BCUT2D eigenvalue weighted by Crippen LogP contribution is 2.41. The second-order valence-electron chi connectivity index (χ2n) is 4.17. The third-order valence-corrected chi connectivity index (χ3v) is 3.12. The summed E-state index contributed by atoms with van der Waals surface area (Å²) in [5.41, 5.74) is -0.125. The van der Waals surface area contributed by atoms with Gasteiger partial charge in [0.1, 0.15) is 0 Å². The largest absolute Gasteiger partial charge is 0.332 e. The molecule has 0 aromatic carbocycles. The molecule has 0 saturated heterocycles. The van der Waals surface area contributed by atoms with E-state index in [0.717, 1.165) is 12.8 Å². The molecule has 13 heavy (non-hydrogen) atoms. The molecule has 0 aliphatic heterocycles. The zero-order valence-electron chi connectivity index (χ0n) is 8.63. The summed E-state index contributed by atoms with van der Waals surface area (Å²) in [6, 6.07) is -0.0927. The lowest BCUT2D eigenvalue weighted by Crippen LogP contribution is -2.47. The van der Waals surface area contributed by atoms with Gasteiger partial charge in [0.2, 0.25) is 5.91 Å². The molecule has 1 aliphatic carbocycles. The molecule has 1 saturated carbocycles. The van der Waals surface area contributed by atoms with Crippen LogP contribution in [0.4, 0.5) is 0 Å². The Morgan fingerprint density at radius 1 is 1.62 bits per heavy atom. The number of terminal acetylenes is 1. The van der Waals surface area contributed by atoms with Crippen LogP contribution in [0.1, 0.15) is 33.1 Å². The lowest BCUT2D eigenvalue weighted by molar-refractivity contribution is -0.145. The van der Waals surface area contributed by atoms with E-state index in [1.54, 1.807) is 11.9 Å². The van der Waals surface area contributed by atoms with E-state index in [1.807, 2.05) is 13.8 Å². The topological polar surface area (TPSA) is 20.3 Å². The van der Waals surface area contributed by atoms with Gasteiger partial charge < -0.3 is 4.90 Å². The number of carbonyl (C=O) groups is 1. The summed E-state index contributed by atoms with van der Waals surface area (Å²) >= 11 is 0. The van der Waals surface area contributed by atoms with Gasteiger partial charge in [-0.1, -0.05) is 19.3 Å². The number of amides is 1. The summed E-state index contributed by atoms with van der Waals surface area (Å²) in [6.07, 6.45) is 8.45. The molecule has 0 aromatic heterocycles. The fourth-order valence-corrected chi connectivity index (χ4v) is 1.63. The fraction of sp³-hybridized carbons (Fsp3) is 0.727. The highest BCUT2D eigenvalue weighted by molar-refractivity contribution is 5.83. The van der Waals surface area contributed by atoms with Crippen molar-refractivity contribution in [2.45, 2.75) is 39.2 Å². The zero-order valence-corrected chi connectivity index (χ0v) is 8.63. The van der Waals surface area contributed by atoms with E-state index in [1.165, 1.54) is 6.42 Å². The van der Waals surface area contributed by atoms with Gasteiger partial charge in [-0.3, -0.25) is 4.79 Å². The molecule has 0 heterocycles. The molecular formula is C11H17NO. The van der Waals surface area contributed by atoms with Crippen molar-refractivity contribution in [3.63, 3.8) is 0 Å². The minimum Gasteiger partial charge on any atom is -0.332 e.